The van der Waals surface area contributed by atoms with E-state index in [0.717, 1.165) is 12.0 Å². The van der Waals surface area contributed by atoms with Crippen molar-refractivity contribution in [2.24, 2.45) is 5.73 Å². The molecule has 3 N–H and O–H groups in total. The Morgan fingerprint density at radius 1 is 1.41 bits per heavy atom. The number of primary amides is 1. The van der Waals surface area contributed by atoms with Crippen LogP contribution in [-0.2, 0) is 11.2 Å². The van der Waals surface area contributed by atoms with Crippen molar-refractivity contribution >= 4 is 22.7 Å². The molecule has 1 atom stereocenters. The van der Waals surface area contributed by atoms with Crippen LogP contribution in [0.4, 0.5) is 0 Å². The van der Waals surface area contributed by atoms with E-state index in [0.29, 0.717) is 10.6 Å². The Morgan fingerprint density at radius 2 is 2.06 bits per heavy atom. The average molecular weight is 246 g/mol. The molecule has 0 spiro atoms. The van der Waals surface area contributed by atoms with Gasteiger partial charge in [0.05, 0.1) is 5.57 Å². The zero-order chi connectivity index (χ0) is 12.4. The molecule has 0 fully saturated rings. The van der Waals surface area contributed by atoms with Crippen molar-refractivity contribution in [2.75, 3.05) is 0 Å². The van der Waals surface area contributed by atoms with Gasteiger partial charge in [-0.3, -0.25) is 10.2 Å². The highest BCUT2D eigenvalue weighted by Crippen LogP contribution is 2.35. The molecule has 1 aliphatic rings. The molecule has 0 bridgehead atoms. The third-order valence-corrected chi connectivity index (χ3v) is 4.12. The molecule has 1 amide bonds. The Balaban J connectivity index is 2.20. The fourth-order valence-corrected chi connectivity index (χ4v) is 3.19. The van der Waals surface area contributed by atoms with Gasteiger partial charge in [-0.05, 0) is 24.5 Å². The van der Waals surface area contributed by atoms with Crippen molar-refractivity contribution in [3.05, 3.63) is 47.0 Å². The van der Waals surface area contributed by atoms with E-state index >= 15 is 0 Å². The van der Waals surface area contributed by atoms with E-state index in [1.165, 1.54) is 17.3 Å². The normalized spacial score (nSPS) is 19.8. The fraction of sp³-hybridized carbons (Fsp3) is 0.231. The lowest BCUT2D eigenvalue weighted by atomic mass is 10.0. The van der Waals surface area contributed by atoms with Gasteiger partial charge in [-0.15, -0.1) is 0 Å². The maximum absolute atomic E-state index is 11.2. The monoisotopic (exact) mass is 246 g/mol. The van der Waals surface area contributed by atoms with E-state index in [9.17, 15) is 4.79 Å². The molecular formula is C13H14N2OS. The minimum atomic E-state index is -0.490. The standard InChI is InChI=1S/C13H14N2OS/c1-8-10(7-9-5-3-2-4-6-9)17-13(15)11(8)12(14)16/h2-6,10,15H,7H2,1H3,(H2,14,16)/t10-/m0/s1. The van der Waals surface area contributed by atoms with Gasteiger partial charge in [0.25, 0.3) is 5.91 Å². The van der Waals surface area contributed by atoms with E-state index < -0.39 is 5.91 Å². The molecule has 1 heterocycles. The number of nitrogens with two attached hydrogens (primary N) is 1. The van der Waals surface area contributed by atoms with Gasteiger partial charge in [0.1, 0.15) is 5.04 Å². The molecule has 3 nitrogen and oxygen atoms in total. The van der Waals surface area contributed by atoms with Gasteiger partial charge >= 0.3 is 0 Å². The van der Waals surface area contributed by atoms with Crippen molar-refractivity contribution in [1.82, 2.24) is 0 Å². The number of amides is 1. The number of hydrogen-bond acceptors (Lipinski definition) is 3. The molecule has 0 unspecified atom stereocenters. The summed E-state index contributed by atoms with van der Waals surface area (Å²) in [5, 5.41) is 8.23. The summed E-state index contributed by atoms with van der Waals surface area (Å²) in [6, 6.07) is 10.1. The minimum Gasteiger partial charge on any atom is -0.366 e. The zero-order valence-electron chi connectivity index (χ0n) is 9.57. The van der Waals surface area contributed by atoms with Crippen LogP contribution in [0.25, 0.3) is 0 Å². The van der Waals surface area contributed by atoms with E-state index in [-0.39, 0.29) is 5.25 Å². The second kappa shape index (κ2) is 4.75. The first-order valence-electron chi connectivity index (χ1n) is 5.39. The summed E-state index contributed by atoms with van der Waals surface area (Å²) in [6.45, 7) is 1.89. The van der Waals surface area contributed by atoms with Crippen LogP contribution in [0.1, 0.15) is 12.5 Å². The van der Waals surface area contributed by atoms with Crippen LogP contribution in [0.3, 0.4) is 0 Å². The van der Waals surface area contributed by atoms with E-state index in [4.69, 9.17) is 11.1 Å². The SMILES string of the molecule is CC1=C(C(N)=O)C(=N)S[C@H]1Cc1ccccc1. The van der Waals surface area contributed by atoms with Crippen molar-refractivity contribution in [3.63, 3.8) is 0 Å². The Bertz CT molecular complexity index is 493. The van der Waals surface area contributed by atoms with Gasteiger partial charge in [0.2, 0.25) is 0 Å². The predicted octanol–water partition coefficient (Wildman–Crippen LogP) is 2.12. The van der Waals surface area contributed by atoms with E-state index in [1.54, 1.807) is 0 Å². The van der Waals surface area contributed by atoms with Crippen LogP contribution in [-0.4, -0.2) is 16.2 Å². The summed E-state index contributed by atoms with van der Waals surface area (Å²) in [6.07, 6.45) is 0.830. The Kier molecular flexibility index (Phi) is 3.33. The van der Waals surface area contributed by atoms with Gasteiger partial charge in [0, 0.05) is 5.25 Å². The highest BCUT2D eigenvalue weighted by Gasteiger charge is 2.30. The van der Waals surface area contributed by atoms with Gasteiger partial charge in [-0.25, -0.2) is 0 Å². The van der Waals surface area contributed by atoms with E-state index in [2.05, 4.69) is 12.1 Å². The second-order valence-corrected chi connectivity index (χ2v) is 5.26. The highest BCUT2D eigenvalue weighted by molar-refractivity contribution is 8.15. The first kappa shape index (κ1) is 11.9. The summed E-state index contributed by atoms with van der Waals surface area (Å²) >= 11 is 1.41. The molecule has 0 aromatic heterocycles. The van der Waals surface area contributed by atoms with Crippen molar-refractivity contribution < 1.29 is 4.79 Å². The predicted molar refractivity (Wildman–Crippen MR) is 71.1 cm³/mol. The molecule has 1 aliphatic heterocycles. The lowest BCUT2D eigenvalue weighted by Gasteiger charge is -2.10. The molecule has 4 heteroatoms. The number of rotatable bonds is 3. The van der Waals surface area contributed by atoms with Crippen LogP contribution in [0, 0.1) is 5.41 Å². The van der Waals surface area contributed by atoms with Gasteiger partial charge in [0.15, 0.2) is 0 Å². The first-order chi connectivity index (χ1) is 8.09. The first-order valence-corrected chi connectivity index (χ1v) is 6.27. The summed E-state index contributed by atoms with van der Waals surface area (Å²) in [7, 11) is 0. The molecule has 1 aromatic rings. The number of hydrogen-bond donors (Lipinski definition) is 2. The Morgan fingerprint density at radius 3 is 2.59 bits per heavy atom. The molecule has 2 rings (SSSR count). The number of benzene rings is 1. The number of carbonyl (C=O) groups is 1. The Hall–Kier alpha value is -1.55. The molecule has 17 heavy (non-hydrogen) atoms. The van der Waals surface area contributed by atoms with Crippen molar-refractivity contribution in [2.45, 2.75) is 18.6 Å². The van der Waals surface area contributed by atoms with E-state index in [1.807, 2.05) is 25.1 Å². The third kappa shape index (κ3) is 2.42. The molecule has 0 saturated carbocycles. The smallest absolute Gasteiger partial charge is 0.251 e. The quantitative estimate of drug-likeness (QED) is 0.858. The zero-order valence-corrected chi connectivity index (χ0v) is 10.4. The fourth-order valence-electron chi connectivity index (χ4n) is 1.96. The topological polar surface area (TPSA) is 66.9 Å². The average Bonchev–Trinajstić information content (AvgIpc) is 2.55. The summed E-state index contributed by atoms with van der Waals surface area (Å²) in [4.78, 5) is 11.2. The molecule has 0 saturated heterocycles. The van der Waals surface area contributed by atoms with Gasteiger partial charge in [-0.1, -0.05) is 42.1 Å². The lowest BCUT2D eigenvalue weighted by molar-refractivity contribution is -0.114. The van der Waals surface area contributed by atoms with Gasteiger partial charge < -0.3 is 5.73 Å². The molecule has 0 radical (unpaired) electrons. The van der Waals surface area contributed by atoms with Crippen LogP contribution < -0.4 is 5.73 Å². The highest BCUT2D eigenvalue weighted by atomic mass is 32.2. The van der Waals surface area contributed by atoms with Crippen LogP contribution in [0.15, 0.2) is 41.5 Å². The number of nitrogens with one attached hydrogen (secondary N) is 1. The minimum absolute atomic E-state index is 0.160. The maximum Gasteiger partial charge on any atom is 0.251 e. The second-order valence-electron chi connectivity index (χ2n) is 4.05. The van der Waals surface area contributed by atoms with Crippen LogP contribution >= 0.6 is 11.8 Å². The largest absolute Gasteiger partial charge is 0.366 e. The number of thioether (sulfide) groups is 1. The molecule has 88 valence electrons. The van der Waals surface area contributed by atoms with Gasteiger partial charge in [-0.2, -0.15) is 0 Å². The van der Waals surface area contributed by atoms with Crippen LogP contribution in [0.5, 0.6) is 0 Å². The molecule has 0 aliphatic carbocycles. The molecule has 1 aromatic carbocycles. The third-order valence-electron chi connectivity index (χ3n) is 2.87. The lowest BCUT2D eigenvalue weighted by Crippen LogP contribution is -2.17. The molecular weight excluding hydrogens is 232 g/mol. The maximum atomic E-state index is 11.2. The van der Waals surface area contributed by atoms with Crippen molar-refractivity contribution in [3.8, 4) is 0 Å². The van der Waals surface area contributed by atoms with Crippen LogP contribution in [0.2, 0.25) is 0 Å². The number of carbonyl (C=O) groups excluding carboxylic acids is 1. The summed E-state index contributed by atoms with van der Waals surface area (Å²) < 4.78 is 0. The summed E-state index contributed by atoms with van der Waals surface area (Å²) in [5.74, 6) is -0.490. The Labute approximate surface area is 105 Å². The summed E-state index contributed by atoms with van der Waals surface area (Å²) in [5.41, 5.74) is 7.82. The van der Waals surface area contributed by atoms with Crippen molar-refractivity contribution in [1.29, 1.82) is 5.41 Å².